The number of rotatable bonds is 8. The largest absolute Gasteiger partial charge is 0.497 e. The van der Waals surface area contributed by atoms with Gasteiger partial charge in [-0.1, -0.05) is 60.7 Å². The van der Waals surface area contributed by atoms with Gasteiger partial charge in [-0.3, -0.25) is 57.5 Å². The van der Waals surface area contributed by atoms with E-state index in [1.165, 1.54) is 130 Å². The van der Waals surface area contributed by atoms with E-state index in [-0.39, 0.29) is 50.7 Å². The Morgan fingerprint density at radius 2 is 0.658 bits per heavy atom. The van der Waals surface area contributed by atoms with Crippen molar-refractivity contribution in [1.82, 2.24) is 56.4 Å². The van der Waals surface area contributed by atoms with Crippen molar-refractivity contribution < 1.29 is 86.0 Å². The van der Waals surface area contributed by atoms with Gasteiger partial charge in [0.05, 0.1) is 34.5 Å². The number of carbonyl (C=O) groups excluding carboxylic acids is 12. The number of fused-ring (bicyclic) bond motifs is 4. The van der Waals surface area contributed by atoms with Crippen molar-refractivity contribution in [2.24, 2.45) is 5.92 Å². The molecule has 0 radical (unpaired) electrons. The Kier molecular flexibility index (Phi) is 27.6. The first-order valence-corrected chi connectivity index (χ1v) is 36.6. The van der Waals surface area contributed by atoms with Crippen LogP contribution in [0.25, 0.3) is 0 Å². The highest BCUT2D eigenvalue weighted by Crippen LogP contribution is 2.37. The molecule has 12 unspecified atom stereocenters. The standard InChI is InChI=1S/C41H50N6O9.C41H49N5O9/c1-23-36(48)43-24(2)39(51)45(4)31(19-26-9-14-29(54-7)15-10-26)38(50)44-25(3)40(52)47(6)33-20-27-11-16-30(17-12-27)56-35-22-28(13-18-34(35)55-8)21-32(37(49)42-23)46(5)41(33)53;1-23-37(48)43-24(2)41(52)46(5)33(20-27-8-13-30(53-6)14-9-27)39(50)44-25(3)40(51)45(4)32-19-26-10-15-31(16-11-26)55-36-21-28(12-17-35(36)54-7)18-29(22-34(32)47)38(49)42-23/h9-18,22-25,31-33H,19-21H2,1-8H3,(H,42,49)(H,43,48)(H,44,50);8-17,21,23-25,29,32-33H,18-20,22H2,1-7H3,(H,42,49)(H,43,48)(H,44,50). The molecule has 0 saturated carbocycles. The monoisotopic (exact) mass is 1530 g/mol. The highest BCUT2D eigenvalue weighted by Gasteiger charge is 2.42. The summed E-state index contributed by atoms with van der Waals surface area (Å²) in [7, 11) is 13.5. The van der Waals surface area contributed by atoms with Crippen molar-refractivity contribution in [3.05, 3.63) is 167 Å². The molecule has 12 bridgehead atoms. The zero-order valence-electron chi connectivity index (χ0n) is 65.2. The summed E-state index contributed by atoms with van der Waals surface area (Å²) in [6.07, 6.45) is 0.155. The number of methoxy groups -OCH3 is 4. The summed E-state index contributed by atoms with van der Waals surface area (Å²) in [5.41, 5.74) is 4.14. The zero-order chi connectivity index (χ0) is 80.8. The molecule has 111 heavy (non-hydrogen) atoms. The summed E-state index contributed by atoms with van der Waals surface area (Å²) in [6, 6.07) is 26.4. The molecule has 6 aliphatic heterocycles. The van der Waals surface area contributed by atoms with E-state index >= 15 is 0 Å². The summed E-state index contributed by atoms with van der Waals surface area (Å²) in [5, 5.41) is 16.3. The van der Waals surface area contributed by atoms with Crippen molar-refractivity contribution in [1.29, 1.82) is 0 Å². The molecule has 0 spiro atoms. The van der Waals surface area contributed by atoms with Gasteiger partial charge in [-0.25, -0.2) is 0 Å². The highest BCUT2D eigenvalue weighted by atomic mass is 16.5. The third kappa shape index (κ3) is 20.5. The number of ketones is 1. The Morgan fingerprint density at radius 3 is 1.06 bits per heavy atom. The molecule has 6 aromatic rings. The van der Waals surface area contributed by atoms with Crippen molar-refractivity contribution in [3.63, 3.8) is 0 Å². The highest BCUT2D eigenvalue weighted by molar-refractivity contribution is 6.00. The Balaban J connectivity index is 0.000000255. The maximum Gasteiger partial charge on any atom is 0.246 e. The summed E-state index contributed by atoms with van der Waals surface area (Å²) in [4.78, 5) is 174. The van der Waals surface area contributed by atoms with Crippen molar-refractivity contribution in [2.75, 3.05) is 63.7 Å². The predicted octanol–water partition coefficient (Wildman–Crippen LogP) is 4.44. The van der Waals surface area contributed by atoms with Gasteiger partial charge in [0, 0.05) is 73.3 Å². The second-order valence-electron chi connectivity index (χ2n) is 28.5. The van der Waals surface area contributed by atoms with Crippen LogP contribution in [0.3, 0.4) is 0 Å². The van der Waals surface area contributed by atoms with Gasteiger partial charge in [-0.15, -0.1) is 0 Å². The fourth-order valence-electron chi connectivity index (χ4n) is 13.7. The number of hydrogen-bond acceptors (Lipinski definition) is 18. The second-order valence-corrected chi connectivity index (χ2v) is 28.5. The summed E-state index contributed by atoms with van der Waals surface area (Å²) < 4.78 is 33.9. The molecule has 2 fully saturated rings. The van der Waals surface area contributed by atoms with Crippen LogP contribution in [0.1, 0.15) is 81.3 Å². The maximum absolute atomic E-state index is 14.7. The van der Waals surface area contributed by atoms with Gasteiger partial charge in [0.15, 0.2) is 28.8 Å². The van der Waals surface area contributed by atoms with Crippen LogP contribution in [0, 0.1) is 5.92 Å². The lowest BCUT2D eigenvalue weighted by Gasteiger charge is -2.36. The minimum atomic E-state index is -1.16. The third-order valence-electron chi connectivity index (χ3n) is 20.6. The third-order valence-corrected chi connectivity index (χ3v) is 20.6. The molecule has 6 aromatic carbocycles. The summed E-state index contributed by atoms with van der Waals surface area (Å²) >= 11 is 0. The summed E-state index contributed by atoms with van der Waals surface area (Å²) in [6.45, 7) is 8.94. The topological polar surface area (TPSA) is 349 Å². The van der Waals surface area contributed by atoms with Crippen LogP contribution in [0.2, 0.25) is 0 Å². The van der Waals surface area contributed by atoms with E-state index in [2.05, 4.69) is 31.9 Å². The second kappa shape index (κ2) is 36.9. The molecular formula is C82H99N11O18. The van der Waals surface area contributed by atoms with Crippen molar-refractivity contribution in [2.45, 2.75) is 153 Å². The van der Waals surface area contributed by atoms with Crippen molar-refractivity contribution in [3.8, 4) is 46.0 Å². The molecule has 6 aliphatic rings. The smallest absolute Gasteiger partial charge is 0.246 e. The minimum absolute atomic E-state index is 0.00641. The molecule has 6 heterocycles. The number of likely N-dealkylation sites (N-methyl/N-ethyl adjacent to an activating group) is 5. The molecule has 29 nitrogen and oxygen atoms in total. The van der Waals surface area contributed by atoms with Crippen LogP contribution < -0.4 is 60.3 Å². The maximum atomic E-state index is 14.7. The minimum Gasteiger partial charge on any atom is -0.497 e. The molecule has 6 N–H and O–H groups in total. The van der Waals surface area contributed by atoms with Gasteiger partial charge < -0.3 is 84.8 Å². The number of nitrogens with one attached hydrogen (secondary N) is 6. The quantitative estimate of drug-likeness (QED) is 0.123. The van der Waals surface area contributed by atoms with Crippen molar-refractivity contribution >= 4 is 70.8 Å². The van der Waals surface area contributed by atoms with E-state index in [9.17, 15) is 57.5 Å². The number of hydrogen-bond donors (Lipinski definition) is 6. The Morgan fingerprint density at radius 1 is 0.324 bits per heavy atom. The van der Waals surface area contributed by atoms with E-state index in [1.807, 2.05) is 0 Å². The lowest BCUT2D eigenvalue weighted by Crippen LogP contribution is -2.61. The van der Waals surface area contributed by atoms with Gasteiger partial charge in [0.25, 0.3) is 0 Å². The first kappa shape index (κ1) is 83.0. The van der Waals surface area contributed by atoms with E-state index in [1.54, 1.807) is 133 Å². The average molecular weight is 1530 g/mol. The lowest BCUT2D eigenvalue weighted by atomic mass is 9.88. The number of nitrogens with zero attached hydrogens (tertiary/aromatic N) is 5. The lowest BCUT2D eigenvalue weighted by molar-refractivity contribution is -0.149. The first-order valence-electron chi connectivity index (χ1n) is 36.6. The fraction of sp³-hybridized carbons (Fsp3) is 0.415. The molecular weight excluding hydrogens is 1430 g/mol. The zero-order valence-corrected chi connectivity index (χ0v) is 65.2. The van der Waals surface area contributed by atoms with Crippen LogP contribution in [0.4, 0.5) is 0 Å². The predicted molar refractivity (Wildman–Crippen MR) is 409 cm³/mol. The van der Waals surface area contributed by atoms with E-state index in [0.29, 0.717) is 73.8 Å². The Hall–Kier alpha value is -12.0. The number of benzene rings is 6. The van der Waals surface area contributed by atoms with Gasteiger partial charge in [-0.2, -0.15) is 0 Å². The molecule has 12 atom stereocenters. The van der Waals surface area contributed by atoms with Crippen LogP contribution in [-0.4, -0.2) is 225 Å². The SMILES string of the molecule is COc1ccc(CC2C(=O)NC(C)C(=O)N(C)C3Cc4ccc(cc4)Oc4cc(ccc4OC)CC(C(=O)NC(C)C(=O)NC(C)C(=O)N2C)N(C)C3=O)cc1.COc1ccc(CC2C(=O)NC(C)C(=O)N(C)C3Cc4ccc(cc4)Oc4cc(ccc4OC)CC(CC3=O)C(=O)NC(C)C(=O)NC(C)C(=O)N2C)cc1. The number of amides is 11. The van der Waals surface area contributed by atoms with Crippen LogP contribution in [-0.2, 0) is 96.1 Å². The van der Waals surface area contributed by atoms with Gasteiger partial charge in [-0.05, 0) is 161 Å². The molecule has 0 aliphatic carbocycles. The van der Waals surface area contributed by atoms with E-state index in [4.69, 9.17) is 28.4 Å². The first-order chi connectivity index (χ1) is 52.8. The normalized spacial score (nSPS) is 24.4. The molecule has 29 heteroatoms. The van der Waals surface area contributed by atoms with Gasteiger partial charge in [0.1, 0.15) is 83.4 Å². The fourth-order valence-corrected chi connectivity index (χ4v) is 13.7. The van der Waals surface area contributed by atoms with Crippen LogP contribution in [0.5, 0.6) is 46.0 Å². The van der Waals surface area contributed by atoms with Crippen LogP contribution in [0.15, 0.2) is 133 Å². The molecule has 11 amide bonds. The molecule has 2 saturated heterocycles. The molecule has 12 rings (SSSR count). The van der Waals surface area contributed by atoms with Crippen LogP contribution >= 0.6 is 0 Å². The number of ether oxygens (including phenoxy) is 6. The molecule has 0 aromatic heterocycles. The number of Topliss-reactive ketones (excluding diaryl/α,β-unsaturated/α-hetero) is 1. The van der Waals surface area contributed by atoms with E-state index in [0.717, 1.165) is 5.56 Å². The average Bonchev–Trinajstić information content (AvgIpc) is 0.699. The van der Waals surface area contributed by atoms with Gasteiger partial charge in [0.2, 0.25) is 65.0 Å². The van der Waals surface area contributed by atoms with E-state index < -0.39 is 137 Å². The Bertz CT molecular complexity index is 4430. The molecule has 590 valence electrons. The Labute approximate surface area is 645 Å². The summed E-state index contributed by atoms with van der Waals surface area (Å²) in [5.74, 6) is -3.86. The number of carbonyl (C=O) groups is 12. The van der Waals surface area contributed by atoms with Gasteiger partial charge >= 0.3 is 0 Å².